The Labute approximate surface area is 139 Å². The predicted octanol–water partition coefficient (Wildman–Crippen LogP) is 4.39. The smallest absolute Gasteiger partial charge is 0.351 e. The molecule has 0 unspecified atom stereocenters. The highest BCUT2D eigenvalue weighted by Crippen LogP contribution is 2.29. The lowest BCUT2D eigenvalue weighted by atomic mass is 10.1. The van der Waals surface area contributed by atoms with Crippen LogP contribution in [0.3, 0.4) is 0 Å². The van der Waals surface area contributed by atoms with Crippen LogP contribution in [0.15, 0.2) is 47.4 Å². The summed E-state index contributed by atoms with van der Waals surface area (Å²) in [6.45, 7) is -0.0545. The molecule has 0 heterocycles. The van der Waals surface area contributed by atoms with Crippen LogP contribution in [0, 0.1) is 11.6 Å². The topological polar surface area (TPSA) is 29.1 Å². The lowest BCUT2D eigenvalue weighted by molar-refractivity contribution is -0.137. The van der Waals surface area contributed by atoms with Crippen LogP contribution in [0.1, 0.15) is 11.1 Å². The average Bonchev–Trinajstić information content (AvgIpc) is 2.53. The van der Waals surface area contributed by atoms with Crippen molar-refractivity contribution in [2.45, 2.75) is 17.6 Å². The van der Waals surface area contributed by atoms with E-state index in [1.165, 1.54) is 18.2 Å². The molecule has 2 nitrogen and oxygen atoms in total. The zero-order valence-corrected chi connectivity index (χ0v) is 13.0. The Hall–Kier alpha value is -2.09. The highest BCUT2D eigenvalue weighted by atomic mass is 32.2. The summed E-state index contributed by atoms with van der Waals surface area (Å²) in [5.41, 5.74) is -0.471. The van der Waals surface area contributed by atoms with E-state index in [9.17, 15) is 26.7 Å². The maximum absolute atomic E-state index is 13.0. The molecule has 0 aliphatic heterocycles. The summed E-state index contributed by atoms with van der Waals surface area (Å²) in [5.74, 6) is -2.48. The van der Waals surface area contributed by atoms with Gasteiger partial charge in [0, 0.05) is 11.4 Å². The Morgan fingerprint density at radius 3 is 2.46 bits per heavy atom. The minimum atomic E-state index is -4.44. The minimum Gasteiger partial charge on any atom is -0.351 e. The normalized spacial score (nSPS) is 11.4. The van der Waals surface area contributed by atoms with E-state index in [0.717, 1.165) is 36.0 Å². The van der Waals surface area contributed by atoms with Crippen LogP contribution in [0.2, 0.25) is 0 Å². The van der Waals surface area contributed by atoms with Gasteiger partial charge in [-0.1, -0.05) is 12.1 Å². The predicted molar refractivity (Wildman–Crippen MR) is 80.4 cm³/mol. The Balaban J connectivity index is 1.86. The number of hydrogen-bond acceptors (Lipinski definition) is 2. The van der Waals surface area contributed by atoms with Crippen molar-refractivity contribution in [3.8, 4) is 0 Å². The zero-order valence-electron chi connectivity index (χ0n) is 12.2. The highest BCUT2D eigenvalue weighted by molar-refractivity contribution is 8.00. The number of alkyl halides is 3. The van der Waals surface area contributed by atoms with Crippen molar-refractivity contribution in [2.24, 2.45) is 0 Å². The van der Waals surface area contributed by atoms with Crippen molar-refractivity contribution < 1.29 is 26.7 Å². The lowest BCUT2D eigenvalue weighted by Crippen LogP contribution is -2.24. The van der Waals surface area contributed by atoms with Gasteiger partial charge >= 0.3 is 6.18 Å². The molecule has 0 aromatic heterocycles. The summed E-state index contributed by atoms with van der Waals surface area (Å²) in [5, 5.41) is 2.48. The van der Waals surface area contributed by atoms with Gasteiger partial charge < -0.3 is 5.32 Å². The standard InChI is InChI=1S/C16H12F5NOS/c17-13-5-4-12(7-14(13)18)24-9-15(23)22-8-10-2-1-3-11(6-10)16(19,20)21/h1-7H,8-9H2,(H,22,23). The quantitative estimate of drug-likeness (QED) is 0.632. The Bertz CT molecular complexity index is 733. The van der Waals surface area contributed by atoms with E-state index in [1.54, 1.807) is 0 Å². The van der Waals surface area contributed by atoms with Crippen LogP contribution in [0.25, 0.3) is 0 Å². The number of rotatable bonds is 5. The molecule has 1 amide bonds. The molecule has 0 bridgehead atoms. The van der Waals surface area contributed by atoms with Gasteiger partial charge in [-0.2, -0.15) is 13.2 Å². The van der Waals surface area contributed by atoms with E-state index >= 15 is 0 Å². The van der Waals surface area contributed by atoms with Gasteiger partial charge in [0.05, 0.1) is 11.3 Å². The van der Waals surface area contributed by atoms with E-state index < -0.39 is 29.3 Å². The molecule has 24 heavy (non-hydrogen) atoms. The minimum absolute atomic E-state index is 0.0545. The number of halogens is 5. The molecule has 0 saturated heterocycles. The van der Waals surface area contributed by atoms with Crippen molar-refractivity contribution in [1.82, 2.24) is 5.32 Å². The number of hydrogen-bond donors (Lipinski definition) is 1. The first-order chi connectivity index (χ1) is 11.3. The third kappa shape index (κ3) is 5.23. The first kappa shape index (κ1) is 18.3. The molecule has 0 radical (unpaired) electrons. The fraction of sp³-hybridized carbons (Fsp3) is 0.188. The van der Waals surface area contributed by atoms with Gasteiger partial charge in [0.25, 0.3) is 0 Å². The number of thioether (sulfide) groups is 1. The number of carbonyl (C=O) groups excluding carboxylic acids is 1. The van der Waals surface area contributed by atoms with Crippen LogP contribution in [0.5, 0.6) is 0 Å². The SMILES string of the molecule is O=C(CSc1ccc(F)c(F)c1)NCc1cccc(C(F)(F)F)c1. The second-order valence-electron chi connectivity index (χ2n) is 4.84. The van der Waals surface area contributed by atoms with Crippen LogP contribution >= 0.6 is 11.8 Å². The van der Waals surface area contributed by atoms with Gasteiger partial charge in [-0.15, -0.1) is 11.8 Å². The third-order valence-electron chi connectivity index (χ3n) is 3.00. The molecule has 0 aliphatic carbocycles. The fourth-order valence-electron chi connectivity index (χ4n) is 1.82. The number of carbonyl (C=O) groups is 1. The molecule has 128 valence electrons. The molecular weight excluding hydrogens is 349 g/mol. The van der Waals surface area contributed by atoms with Gasteiger partial charge in [-0.3, -0.25) is 4.79 Å². The van der Waals surface area contributed by atoms with Crippen LogP contribution in [-0.2, 0) is 17.5 Å². The highest BCUT2D eigenvalue weighted by Gasteiger charge is 2.30. The molecule has 8 heteroatoms. The van der Waals surface area contributed by atoms with Crippen molar-refractivity contribution in [1.29, 1.82) is 0 Å². The van der Waals surface area contributed by atoms with E-state index in [0.29, 0.717) is 10.5 Å². The van der Waals surface area contributed by atoms with Crippen molar-refractivity contribution in [3.63, 3.8) is 0 Å². The molecule has 2 aromatic rings. The number of amides is 1. The van der Waals surface area contributed by atoms with Crippen molar-refractivity contribution in [3.05, 3.63) is 65.2 Å². The lowest BCUT2D eigenvalue weighted by Gasteiger charge is -2.09. The molecule has 0 fully saturated rings. The van der Waals surface area contributed by atoms with Gasteiger partial charge in [0.2, 0.25) is 5.91 Å². The van der Waals surface area contributed by atoms with Crippen LogP contribution in [-0.4, -0.2) is 11.7 Å². The second-order valence-corrected chi connectivity index (χ2v) is 5.89. The molecule has 0 saturated carbocycles. The summed E-state index contributed by atoms with van der Waals surface area (Å²) in [6.07, 6.45) is -4.44. The summed E-state index contributed by atoms with van der Waals surface area (Å²) in [4.78, 5) is 12.1. The molecule has 2 aromatic carbocycles. The molecule has 0 aliphatic rings. The van der Waals surface area contributed by atoms with E-state index in [1.807, 2.05) is 0 Å². The number of nitrogens with one attached hydrogen (secondary N) is 1. The Morgan fingerprint density at radius 2 is 1.79 bits per heavy atom. The summed E-state index contributed by atoms with van der Waals surface area (Å²) in [7, 11) is 0. The average molecular weight is 361 g/mol. The van der Waals surface area contributed by atoms with E-state index in [4.69, 9.17) is 0 Å². The molecule has 2 rings (SSSR count). The van der Waals surface area contributed by atoms with E-state index in [-0.39, 0.29) is 12.3 Å². The Kier molecular flexibility index (Phi) is 5.82. The van der Waals surface area contributed by atoms with Crippen LogP contribution < -0.4 is 5.32 Å². The molecular formula is C16H12F5NOS. The maximum atomic E-state index is 13.0. The summed E-state index contributed by atoms with van der Waals surface area (Å²) < 4.78 is 63.6. The van der Waals surface area contributed by atoms with Crippen LogP contribution in [0.4, 0.5) is 22.0 Å². The van der Waals surface area contributed by atoms with E-state index in [2.05, 4.69) is 5.32 Å². The van der Waals surface area contributed by atoms with Crippen molar-refractivity contribution in [2.75, 3.05) is 5.75 Å². The first-order valence-corrected chi connectivity index (χ1v) is 7.75. The molecule has 0 atom stereocenters. The third-order valence-corrected chi connectivity index (χ3v) is 4.00. The monoisotopic (exact) mass is 361 g/mol. The van der Waals surface area contributed by atoms with Gasteiger partial charge in [0.1, 0.15) is 0 Å². The summed E-state index contributed by atoms with van der Waals surface area (Å²) >= 11 is 0.995. The first-order valence-electron chi connectivity index (χ1n) is 6.76. The molecule has 0 spiro atoms. The fourth-order valence-corrected chi connectivity index (χ4v) is 2.58. The number of benzene rings is 2. The van der Waals surface area contributed by atoms with Gasteiger partial charge in [-0.25, -0.2) is 8.78 Å². The summed E-state index contributed by atoms with van der Waals surface area (Å²) in [6, 6.07) is 7.91. The van der Waals surface area contributed by atoms with Gasteiger partial charge in [0.15, 0.2) is 11.6 Å². The zero-order chi connectivity index (χ0) is 17.7. The van der Waals surface area contributed by atoms with Crippen molar-refractivity contribution >= 4 is 17.7 Å². The molecule has 1 N–H and O–H groups in total. The second kappa shape index (κ2) is 7.65. The van der Waals surface area contributed by atoms with Gasteiger partial charge in [-0.05, 0) is 35.9 Å². The maximum Gasteiger partial charge on any atom is 0.416 e. The Morgan fingerprint density at radius 1 is 1.04 bits per heavy atom. The largest absolute Gasteiger partial charge is 0.416 e.